The van der Waals surface area contributed by atoms with Crippen LogP contribution in [-0.2, 0) is 11.2 Å². The average Bonchev–Trinajstić information content (AvgIpc) is 3.23. The lowest BCUT2D eigenvalue weighted by Crippen LogP contribution is -1.88. The zero-order chi connectivity index (χ0) is 17.9. The van der Waals surface area contributed by atoms with Crippen molar-refractivity contribution in [2.24, 2.45) is 0 Å². The largest absolute Gasteiger partial charge is 0.461 e. The number of hydrogen-bond acceptors (Lipinski definition) is 4. The van der Waals surface area contributed by atoms with E-state index >= 15 is 0 Å². The minimum Gasteiger partial charge on any atom is -0.461 e. The second-order valence-corrected chi connectivity index (χ2v) is 6.07. The molecule has 0 radical (unpaired) electrons. The molecule has 0 unspecified atom stereocenters. The van der Waals surface area contributed by atoms with Crippen LogP contribution in [-0.4, -0.2) is 11.3 Å². The second-order valence-electron chi connectivity index (χ2n) is 6.07. The van der Waals surface area contributed by atoms with Crippen molar-refractivity contribution in [1.82, 2.24) is 4.98 Å². The number of fused-ring (bicyclic) bond motifs is 1. The first-order valence-electron chi connectivity index (χ1n) is 8.39. The summed E-state index contributed by atoms with van der Waals surface area (Å²) in [7, 11) is 0. The van der Waals surface area contributed by atoms with Crippen molar-refractivity contribution in [2.75, 3.05) is 0 Å². The molecule has 0 aliphatic carbocycles. The lowest BCUT2D eigenvalue weighted by molar-refractivity contribution is -0.104. The molecule has 0 spiro atoms. The highest BCUT2D eigenvalue weighted by atomic mass is 16.4. The number of rotatable bonds is 5. The van der Waals surface area contributed by atoms with E-state index in [2.05, 4.69) is 4.98 Å². The van der Waals surface area contributed by atoms with Gasteiger partial charge in [-0.1, -0.05) is 30.3 Å². The molecule has 0 saturated heterocycles. The molecule has 0 aliphatic rings. The number of benzene rings is 2. The van der Waals surface area contributed by atoms with Crippen LogP contribution in [0.25, 0.3) is 28.5 Å². The van der Waals surface area contributed by atoms with Crippen molar-refractivity contribution in [3.63, 3.8) is 0 Å². The van der Waals surface area contributed by atoms with Crippen molar-refractivity contribution >= 4 is 23.3 Å². The zero-order valence-electron chi connectivity index (χ0n) is 14.3. The van der Waals surface area contributed by atoms with E-state index in [4.69, 9.17) is 8.83 Å². The number of aromatic nitrogens is 1. The van der Waals surface area contributed by atoms with E-state index < -0.39 is 0 Å². The fraction of sp³-hybridized carbons (Fsp3) is 0.0909. The molecule has 4 rings (SSSR count). The summed E-state index contributed by atoms with van der Waals surface area (Å²) >= 11 is 0. The normalized spacial score (nSPS) is 11.4. The van der Waals surface area contributed by atoms with Crippen LogP contribution in [0.15, 0.2) is 69.5 Å². The SMILES string of the molecule is Cc1oc(-c2ccccc2)nc1Cc1cc2cc(/C=C/C=O)ccc2o1. The second kappa shape index (κ2) is 6.84. The lowest BCUT2D eigenvalue weighted by atomic mass is 10.1. The smallest absolute Gasteiger partial charge is 0.226 e. The Morgan fingerprint density at radius 1 is 1.04 bits per heavy atom. The number of hydrogen-bond donors (Lipinski definition) is 0. The third-order valence-corrected chi connectivity index (χ3v) is 4.21. The van der Waals surface area contributed by atoms with Gasteiger partial charge < -0.3 is 8.83 Å². The summed E-state index contributed by atoms with van der Waals surface area (Å²) in [6, 6.07) is 17.7. The molecule has 128 valence electrons. The highest BCUT2D eigenvalue weighted by Crippen LogP contribution is 2.26. The van der Waals surface area contributed by atoms with Gasteiger partial charge in [0, 0.05) is 10.9 Å². The summed E-state index contributed by atoms with van der Waals surface area (Å²) in [4.78, 5) is 15.1. The Balaban J connectivity index is 1.62. The first-order valence-corrected chi connectivity index (χ1v) is 8.39. The Labute approximate surface area is 150 Å². The van der Waals surface area contributed by atoms with E-state index in [1.807, 2.05) is 61.5 Å². The Bertz CT molecular complexity index is 1090. The number of aryl methyl sites for hydroxylation is 1. The molecule has 2 heterocycles. The van der Waals surface area contributed by atoms with Crippen LogP contribution in [0.2, 0.25) is 0 Å². The molecule has 4 aromatic rings. The number of oxazole rings is 1. The molecule has 4 heteroatoms. The van der Waals surface area contributed by atoms with E-state index in [1.54, 1.807) is 6.08 Å². The molecule has 0 N–H and O–H groups in total. The third-order valence-electron chi connectivity index (χ3n) is 4.21. The van der Waals surface area contributed by atoms with Gasteiger partial charge in [0.2, 0.25) is 5.89 Å². The maximum Gasteiger partial charge on any atom is 0.226 e. The first-order chi connectivity index (χ1) is 12.7. The molecule has 0 aliphatic heterocycles. The highest BCUT2D eigenvalue weighted by molar-refractivity contribution is 5.82. The van der Waals surface area contributed by atoms with Gasteiger partial charge in [-0.05, 0) is 48.9 Å². The first kappa shape index (κ1) is 16.1. The molecule has 0 bridgehead atoms. The van der Waals surface area contributed by atoms with Crippen LogP contribution in [0.1, 0.15) is 22.8 Å². The standard InChI is InChI=1S/C22H17NO3/c1-15-20(23-22(25-15)17-7-3-2-4-8-17)14-19-13-18-12-16(6-5-11-24)9-10-21(18)26-19/h2-13H,14H2,1H3/b6-5+. The van der Waals surface area contributed by atoms with Gasteiger partial charge in [-0.25, -0.2) is 4.98 Å². The monoisotopic (exact) mass is 343 g/mol. The molecule has 0 fully saturated rings. The van der Waals surface area contributed by atoms with Gasteiger partial charge in [-0.3, -0.25) is 4.79 Å². The van der Waals surface area contributed by atoms with Crippen molar-refractivity contribution in [2.45, 2.75) is 13.3 Å². The fourth-order valence-electron chi connectivity index (χ4n) is 2.92. The highest BCUT2D eigenvalue weighted by Gasteiger charge is 2.14. The Morgan fingerprint density at radius 2 is 1.88 bits per heavy atom. The van der Waals surface area contributed by atoms with Gasteiger partial charge in [0.1, 0.15) is 23.4 Å². The van der Waals surface area contributed by atoms with E-state index in [0.717, 1.165) is 45.6 Å². The number of aldehydes is 1. The van der Waals surface area contributed by atoms with Crippen LogP contribution < -0.4 is 0 Å². The van der Waals surface area contributed by atoms with E-state index in [9.17, 15) is 4.79 Å². The number of carbonyl (C=O) groups is 1. The van der Waals surface area contributed by atoms with Crippen molar-refractivity contribution in [3.8, 4) is 11.5 Å². The number of nitrogens with zero attached hydrogens (tertiary/aromatic N) is 1. The predicted molar refractivity (Wildman–Crippen MR) is 101 cm³/mol. The number of furan rings is 1. The van der Waals surface area contributed by atoms with E-state index in [0.29, 0.717) is 12.3 Å². The molecule has 26 heavy (non-hydrogen) atoms. The summed E-state index contributed by atoms with van der Waals surface area (Å²) in [6.07, 6.45) is 4.58. The Morgan fingerprint density at radius 3 is 2.69 bits per heavy atom. The molecular weight excluding hydrogens is 326 g/mol. The van der Waals surface area contributed by atoms with Crippen LogP contribution in [0.4, 0.5) is 0 Å². The Hall–Kier alpha value is -3.40. The minimum absolute atomic E-state index is 0.566. The topological polar surface area (TPSA) is 56.2 Å². The molecule has 2 aromatic carbocycles. The van der Waals surface area contributed by atoms with Gasteiger partial charge >= 0.3 is 0 Å². The molecule has 0 amide bonds. The number of allylic oxidation sites excluding steroid dienone is 1. The van der Waals surface area contributed by atoms with Gasteiger partial charge in [0.15, 0.2) is 0 Å². The van der Waals surface area contributed by atoms with Gasteiger partial charge in [-0.2, -0.15) is 0 Å². The summed E-state index contributed by atoms with van der Waals surface area (Å²) in [6.45, 7) is 1.92. The van der Waals surface area contributed by atoms with Crippen LogP contribution in [0.5, 0.6) is 0 Å². The van der Waals surface area contributed by atoms with Gasteiger partial charge in [0.25, 0.3) is 0 Å². The summed E-state index contributed by atoms with van der Waals surface area (Å²) in [5, 5.41) is 0.998. The maximum absolute atomic E-state index is 10.5. The predicted octanol–water partition coefficient (Wildman–Crippen LogP) is 5.20. The summed E-state index contributed by atoms with van der Waals surface area (Å²) in [5.41, 5.74) is 3.59. The molecular formula is C22H17NO3. The molecule has 2 aromatic heterocycles. The maximum atomic E-state index is 10.5. The summed E-state index contributed by atoms with van der Waals surface area (Å²) in [5.74, 6) is 2.24. The lowest BCUT2D eigenvalue weighted by Gasteiger charge is -1.93. The molecule has 0 saturated carbocycles. The molecule has 0 atom stereocenters. The van der Waals surface area contributed by atoms with Crippen molar-refractivity contribution in [1.29, 1.82) is 0 Å². The fourth-order valence-corrected chi connectivity index (χ4v) is 2.92. The van der Waals surface area contributed by atoms with Crippen LogP contribution in [0, 0.1) is 6.92 Å². The minimum atomic E-state index is 0.566. The van der Waals surface area contributed by atoms with E-state index in [1.165, 1.54) is 6.08 Å². The van der Waals surface area contributed by atoms with Crippen molar-refractivity contribution in [3.05, 3.63) is 83.5 Å². The Kier molecular flexibility index (Phi) is 4.23. The van der Waals surface area contributed by atoms with Gasteiger partial charge in [-0.15, -0.1) is 0 Å². The van der Waals surface area contributed by atoms with Crippen LogP contribution >= 0.6 is 0 Å². The quantitative estimate of drug-likeness (QED) is 0.369. The van der Waals surface area contributed by atoms with Crippen molar-refractivity contribution < 1.29 is 13.6 Å². The zero-order valence-corrected chi connectivity index (χ0v) is 14.3. The molecule has 4 nitrogen and oxygen atoms in total. The van der Waals surface area contributed by atoms with Crippen LogP contribution in [0.3, 0.4) is 0 Å². The summed E-state index contributed by atoms with van der Waals surface area (Å²) < 4.78 is 11.7. The van der Waals surface area contributed by atoms with Gasteiger partial charge in [0.05, 0.1) is 12.1 Å². The average molecular weight is 343 g/mol. The third kappa shape index (κ3) is 3.22. The van der Waals surface area contributed by atoms with E-state index in [-0.39, 0.29) is 0 Å². The number of carbonyl (C=O) groups excluding carboxylic acids is 1.